The monoisotopic (exact) mass is 272 g/mol. The summed E-state index contributed by atoms with van der Waals surface area (Å²) >= 11 is 0. The van der Waals surface area contributed by atoms with Gasteiger partial charge in [0, 0.05) is 5.41 Å². The Balaban J connectivity index is 1.59. The van der Waals surface area contributed by atoms with Crippen LogP contribution in [-0.4, -0.2) is 49.7 Å². The molecule has 110 valence electrons. The van der Waals surface area contributed by atoms with Gasteiger partial charge in [-0.1, -0.05) is 6.92 Å². The number of rotatable bonds is 6. The van der Waals surface area contributed by atoms with Gasteiger partial charge in [-0.2, -0.15) is 0 Å². The van der Waals surface area contributed by atoms with Gasteiger partial charge >= 0.3 is 5.97 Å². The Bertz CT molecular complexity index is 287. The lowest BCUT2D eigenvalue weighted by molar-refractivity contribution is -0.170. The summed E-state index contributed by atoms with van der Waals surface area (Å²) in [4.78, 5) is 11.6. The van der Waals surface area contributed by atoms with Crippen LogP contribution < -0.4 is 0 Å². The lowest BCUT2D eigenvalue weighted by Gasteiger charge is -2.40. The zero-order valence-electron chi connectivity index (χ0n) is 11.6. The Labute approximate surface area is 114 Å². The van der Waals surface area contributed by atoms with Crippen molar-refractivity contribution in [2.24, 2.45) is 5.41 Å². The fourth-order valence-electron chi connectivity index (χ4n) is 2.51. The first-order valence-corrected chi connectivity index (χ1v) is 7.16. The van der Waals surface area contributed by atoms with Crippen LogP contribution in [0.15, 0.2) is 0 Å². The van der Waals surface area contributed by atoms with E-state index in [2.05, 4.69) is 6.92 Å². The van der Waals surface area contributed by atoms with E-state index in [0.29, 0.717) is 6.61 Å². The van der Waals surface area contributed by atoms with Crippen molar-refractivity contribution in [1.29, 1.82) is 0 Å². The second kappa shape index (κ2) is 6.68. The smallest absolute Gasteiger partial charge is 0.332 e. The second-order valence-electron chi connectivity index (χ2n) is 5.76. The predicted octanol–water partition coefficient (Wildman–Crippen LogP) is 1.28. The normalized spacial score (nSPS) is 29.6. The first-order chi connectivity index (χ1) is 9.13. The molecule has 19 heavy (non-hydrogen) atoms. The number of hydrogen-bond donors (Lipinski definition) is 1. The first kappa shape index (κ1) is 14.8. The molecule has 1 aliphatic carbocycles. The van der Waals surface area contributed by atoms with Crippen molar-refractivity contribution in [3.05, 3.63) is 0 Å². The Kier molecular flexibility index (Phi) is 5.19. The molecular weight excluding hydrogens is 248 g/mol. The summed E-state index contributed by atoms with van der Waals surface area (Å²) in [6.45, 7) is 4.12. The Morgan fingerprint density at radius 3 is 2.53 bits per heavy atom. The minimum absolute atomic E-state index is 0.0147. The van der Waals surface area contributed by atoms with E-state index in [0.717, 1.165) is 45.3 Å². The van der Waals surface area contributed by atoms with Crippen molar-refractivity contribution in [2.75, 3.05) is 26.4 Å². The van der Waals surface area contributed by atoms with E-state index in [-0.39, 0.29) is 30.2 Å². The molecule has 5 nitrogen and oxygen atoms in total. The van der Waals surface area contributed by atoms with Crippen molar-refractivity contribution >= 4 is 5.97 Å². The number of aliphatic hydroxyl groups is 1. The minimum Gasteiger partial charge on any atom is -0.461 e. The molecule has 0 aromatic rings. The maximum Gasteiger partial charge on any atom is 0.332 e. The molecule has 0 atom stereocenters. The lowest BCUT2D eigenvalue weighted by atomic mass is 9.84. The third-order valence-electron chi connectivity index (χ3n) is 4.14. The molecule has 0 spiro atoms. The first-order valence-electron chi connectivity index (χ1n) is 7.16. The van der Waals surface area contributed by atoms with E-state index in [1.165, 1.54) is 0 Å². The summed E-state index contributed by atoms with van der Waals surface area (Å²) in [5.41, 5.74) is 0.106. The second-order valence-corrected chi connectivity index (χ2v) is 5.76. The van der Waals surface area contributed by atoms with Crippen molar-refractivity contribution in [1.82, 2.24) is 0 Å². The maximum atomic E-state index is 11.6. The van der Waals surface area contributed by atoms with E-state index in [1.54, 1.807) is 0 Å². The topological polar surface area (TPSA) is 65.0 Å². The van der Waals surface area contributed by atoms with E-state index in [4.69, 9.17) is 14.2 Å². The summed E-state index contributed by atoms with van der Waals surface area (Å²) in [6.07, 6.45) is 3.66. The number of aliphatic hydroxyl groups excluding tert-OH is 1. The standard InChI is InChI=1S/C14H24O5/c1-2-14(9-18-10-14)8-17-7-13(16)19-12-5-3-11(15)4-6-12/h11-12,15H,2-10H2,1H3. The number of ether oxygens (including phenoxy) is 3. The molecule has 0 amide bonds. The van der Waals surface area contributed by atoms with Crippen LogP contribution in [0.1, 0.15) is 39.0 Å². The molecule has 2 aliphatic rings. The molecule has 0 aromatic heterocycles. The molecule has 0 aromatic carbocycles. The van der Waals surface area contributed by atoms with Crippen molar-refractivity contribution in [2.45, 2.75) is 51.2 Å². The molecule has 2 rings (SSSR count). The van der Waals surface area contributed by atoms with E-state index in [1.807, 2.05) is 0 Å². The summed E-state index contributed by atoms with van der Waals surface area (Å²) in [7, 11) is 0. The highest BCUT2D eigenvalue weighted by Gasteiger charge is 2.37. The quantitative estimate of drug-likeness (QED) is 0.738. The molecule has 1 saturated heterocycles. The van der Waals surface area contributed by atoms with Gasteiger partial charge in [-0.25, -0.2) is 4.79 Å². The number of carbonyl (C=O) groups is 1. The van der Waals surface area contributed by atoms with Crippen LogP contribution in [0.5, 0.6) is 0 Å². The van der Waals surface area contributed by atoms with Crippen molar-refractivity contribution in [3.8, 4) is 0 Å². The molecule has 1 saturated carbocycles. The van der Waals surface area contributed by atoms with Crippen LogP contribution in [0.3, 0.4) is 0 Å². The van der Waals surface area contributed by atoms with Crippen LogP contribution in [-0.2, 0) is 19.0 Å². The van der Waals surface area contributed by atoms with Crippen LogP contribution in [0.4, 0.5) is 0 Å². The highest BCUT2D eigenvalue weighted by molar-refractivity contribution is 5.70. The van der Waals surface area contributed by atoms with Gasteiger partial charge in [-0.05, 0) is 32.1 Å². The predicted molar refractivity (Wildman–Crippen MR) is 68.7 cm³/mol. The summed E-state index contributed by atoms with van der Waals surface area (Å²) in [5.74, 6) is -0.298. The highest BCUT2D eigenvalue weighted by atomic mass is 16.6. The molecule has 0 unspecified atom stereocenters. The summed E-state index contributed by atoms with van der Waals surface area (Å²) in [5, 5.41) is 9.38. The van der Waals surface area contributed by atoms with Gasteiger partial charge in [0.25, 0.3) is 0 Å². The maximum absolute atomic E-state index is 11.6. The van der Waals surface area contributed by atoms with Crippen LogP contribution >= 0.6 is 0 Å². The lowest BCUT2D eigenvalue weighted by Crippen LogP contribution is -2.46. The average Bonchev–Trinajstić information content (AvgIpc) is 2.35. The number of hydrogen-bond acceptors (Lipinski definition) is 5. The number of carbonyl (C=O) groups excluding carboxylic acids is 1. The van der Waals surface area contributed by atoms with Gasteiger partial charge in [0.15, 0.2) is 0 Å². The zero-order chi connectivity index (χ0) is 13.7. The SMILES string of the molecule is CCC1(COCC(=O)OC2CCC(O)CC2)COC1. The third-order valence-corrected chi connectivity index (χ3v) is 4.14. The molecule has 2 fully saturated rings. The Hall–Kier alpha value is -0.650. The van der Waals surface area contributed by atoms with Gasteiger partial charge < -0.3 is 19.3 Å². The van der Waals surface area contributed by atoms with Gasteiger partial charge in [0.1, 0.15) is 12.7 Å². The van der Waals surface area contributed by atoms with Gasteiger partial charge in [-0.3, -0.25) is 0 Å². The molecule has 0 radical (unpaired) electrons. The Morgan fingerprint density at radius 2 is 2.00 bits per heavy atom. The van der Waals surface area contributed by atoms with Crippen LogP contribution in [0.2, 0.25) is 0 Å². The summed E-state index contributed by atoms with van der Waals surface area (Å²) in [6, 6.07) is 0. The van der Waals surface area contributed by atoms with Gasteiger partial charge in [0.05, 0.1) is 25.9 Å². The minimum atomic E-state index is -0.298. The molecule has 1 N–H and O–H groups in total. The van der Waals surface area contributed by atoms with Crippen LogP contribution in [0, 0.1) is 5.41 Å². The average molecular weight is 272 g/mol. The van der Waals surface area contributed by atoms with Crippen molar-refractivity contribution < 1.29 is 24.1 Å². The molecule has 5 heteroatoms. The fraction of sp³-hybridized carbons (Fsp3) is 0.929. The van der Waals surface area contributed by atoms with E-state index in [9.17, 15) is 9.90 Å². The Morgan fingerprint density at radius 1 is 1.32 bits per heavy atom. The van der Waals surface area contributed by atoms with E-state index < -0.39 is 0 Å². The number of esters is 1. The highest BCUT2D eigenvalue weighted by Crippen LogP contribution is 2.31. The van der Waals surface area contributed by atoms with Gasteiger partial charge in [0.2, 0.25) is 0 Å². The molecule has 0 bridgehead atoms. The third kappa shape index (κ3) is 4.16. The van der Waals surface area contributed by atoms with Crippen LogP contribution in [0.25, 0.3) is 0 Å². The van der Waals surface area contributed by atoms with E-state index >= 15 is 0 Å². The van der Waals surface area contributed by atoms with Crippen molar-refractivity contribution in [3.63, 3.8) is 0 Å². The zero-order valence-corrected chi connectivity index (χ0v) is 11.6. The molecular formula is C14H24O5. The largest absolute Gasteiger partial charge is 0.461 e. The molecule has 1 aliphatic heterocycles. The molecule has 1 heterocycles. The summed E-state index contributed by atoms with van der Waals surface area (Å²) < 4.78 is 16.0. The van der Waals surface area contributed by atoms with Gasteiger partial charge in [-0.15, -0.1) is 0 Å². The fourth-order valence-corrected chi connectivity index (χ4v) is 2.51.